The Kier molecular flexibility index (Phi) is 7.41. The van der Waals surface area contributed by atoms with Gasteiger partial charge in [-0.3, -0.25) is 9.59 Å². The number of ether oxygens (including phenoxy) is 2. The van der Waals surface area contributed by atoms with Gasteiger partial charge in [-0.25, -0.2) is 4.39 Å². The molecule has 5 nitrogen and oxygen atoms in total. The van der Waals surface area contributed by atoms with Gasteiger partial charge in [0.15, 0.2) is 6.61 Å². The molecule has 0 radical (unpaired) electrons. The summed E-state index contributed by atoms with van der Waals surface area (Å²) in [6.45, 7) is 1.74. The Morgan fingerprint density at radius 2 is 1.96 bits per heavy atom. The molecule has 1 amide bonds. The smallest absolute Gasteiger partial charge is 0.306 e. The molecule has 1 N–H and O–H groups in total. The summed E-state index contributed by atoms with van der Waals surface area (Å²) in [6, 6.07) is 11.0. The van der Waals surface area contributed by atoms with E-state index in [1.165, 1.54) is 18.2 Å². The lowest BCUT2D eigenvalue weighted by atomic mass is 10.2. The van der Waals surface area contributed by atoms with Crippen molar-refractivity contribution < 1.29 is 23.5 Å². The molecule has 0 bridgehead atoms. The monoisotopic (exact) mass is 379 g/mol. The number of esters is 1. The molecule has 2 aromatic rings. The van der Waals surface area contributed by atoms with Gasteiger partial charge in [0.25, 0.3) is 5.91 Å². The fraction of sp³-hybridized carbons (Fsp3) is 0.263. The largest absolute Gasteiger partial charge is 0.493 e. The maximum atomic E-state index is 13.4. The second-order valence-corrected chi connectivity index (χ2v) is 5.99. The molecule has 138 valence electrons. The summed E-state index contributed by atoms with van der Waals surface area (Å²) in [6.07, 6.45) is 0.551. The van der Waals surface area contributed by atoms with E-state index in [4.69, 9.17) is 21.1 Å². The standard InChI is InChI=1S/C19H19ClFNO4/c1-13-11-14(20)8-9-17(13)25-10-4-7-19(24)26-12-18(23)22-16-6-3-2-5-15(16)21/h2-3,5-6,8-9,11H,4,7,10,12H2,1H3,(H,22,23). The highest BCUT2D eigenvalue weighted by molar-refractivity contribution is 6.30. The molecule has 0 aromatic heterocycles. The fourth-order valence-electron chi connectivity index (χ4n) is 2.14. The Morgan fingerprint density at radius 1 is 1.19 bits per heavy atom. The van der Waals surface area contributed by atoms with Gasteiger partial charge in [0, 0.05) is 11.4 Å². The predicted molar refractivity (Wildman–Crippen MR) is 96.9 cm³/mol. The summed E-state index contributed by atoms with van der Waals surface area (Å²) in [5.41, 5.74) is 0.949. The Labute approximate surface area is 156 Å². The number of rotatable bonds is 8. The van der Waals surface area contributed by atoms with Crippen LogP contribution in [-0.2, 0) is 14.3 Å². The molecule has 0 unspecified atom stereocenters. The van der Waals surface area contributed by atoms with Crippen molar-refractivity contribution >= 4 is 29.2 Å². The molecule has 0 aliphatic rings. The van der Waals surface area contributed by atoms with Crippen LogP contribution in [0.5, 0.6) is 5.75 Å². The van der Waals surface area contributed by atoms with Crippen LogP contribution in [-0.4, -0.2) is 25.1 Å². The molecule has 0 atom stereocenters. The summed E-state index contributed by atoms with van der Waals surface area (Å²) in [5, 5.41) is 2.97. The zero-order valence-electron chi connectivity index (χ0n) is 14.3. The molecule has 0 aliphatic carbocycles. The van der Waals surface area contributed by atoms with E-state index >= 15 is 0 Å². The minimum absolute atomic E-state index is 0.0419. The van der Waals surface area contributed by atoms with Crippen LogP contribution in [0.2, 0.25) is 5.02 Å². The Bertz CT molecular complexity index is 782. The molecular weight excluding hydrogens is 361 g/mol. The van der Waals surface area contributed by atoms with Gasteiger partial charge >= 0.3 is 5.97 Å². The van der Waals surface area contributed by atoms with Crippen LogP contribution in [0.1, 0.15) is 18.4 Å². The average molecular weight is 380 g/mol. The molecule has 0 fully saturated rings. The highest BCUT2D eigenvalue weighted by Gasteiger charge is 2.10. The van der Waals surface area contributed by atoms with Gasteiger partial charge in [0.1, 0.15) is 11.6 Å². The summed E-state index contributed by atoms with van der Waals surface area (Å²) >= 11 is 5.87. The van der Waals surface area contributed by atoms with Crippen molar-refractivity contribution in [2.24, 2.45) is 0 Å². The maximum absolute atomic E-state index is 13.4. The molecule has 7 heteroatoms. The molecule has 0 aliphatic heterocycles. The number of amides is 1. The first-order chi connectivity index (χ1) is 12.5. The number of nitrogens with one attached hydrogen (secondary N) is 1. The van der Waals surface area contributed by atoms with Crippen molar-refractivity contribution in [2.75, 3.05) is 18.5 Å². The number of carbonyl (C=O) groups excluding carboxylic acids is 2. The van der Waals surface area contributed by atoms with E-state index in [9.17, 15) is 14.0 Å². The van der Waals surface area contributed by atoms with Gasteiger partial charge in [-0.1, -0.05) is 23.7 Å². The highest BCUT2D eigenvalue weighted by Crippen LogP contribution is 2.22. The third-order valence-corrected chi connectivity index (χ3v) is 3.67. The third kappa shape index (κ3) is 6.37. The SMILES string of the molecule is Cc1cc(Cl)ccc1OCCCC(=O)OCC(=O)Nc1ccccc1F. The van der Waals surface area contributed by atoms with Gasteiger partial charge in [-0.05, 0) is 49.2 Å². The Hall–Kier alpha value is -2.60. The lowest BCUT2D eigenvalue weighted by Crippen LogP contribution is -2.21. The van der Waals surface area contributed by atoms with Gasteiger partial charge in [-0.2, -0.15) is 0 Å². The summed E-state index contributed by atoms with van der Waals surface area (Å²) in [7, 11) is 0. The zero-order chi connectivity index (χ0) is 18.9. The van der Waals surface area contributed by atoms with Crippen LogP contribution in [0.15, 0.2) is 42.5 Å². The van der Waals surface area contributed by atoms with Crippen LogP contribution in [0.3, 0.4) is 0 Å². The first kappa shape index (κ1) is 19.7. The minimum atomic E-state index is -0.600. The van der Waals surface area contributed by atoms with Crippen LogP contribution in [0.25, 0.3) is 0 Å². The number of benzene rings is 2. The summed E-state index contributed by atoms with van der Waals surface area (Å²) in [5.74, 6) is -0.976. The summed E-state index contributed by atoms with van der Waals surface area (Å²) < 4.78 is 23.8. The van der Waals surface area contributed by atoms with Crippen LogP contribution in [0, 0.1) is 12.7 Å². The van der Waals surface area contributed by atoms with Gasteiger partial charge in [-0.15, -0.1) is 0 Å². The fourth-order valence-corrected chi connectivity index (χ4v) is 2.37. The Morgan fingerprint density at radius 3 is 2.69 bits per heavy atom. The van der Waals surface area contributed by atoms with E-state index in [1.807, 2.05) is 6.92 Å². The number of carbonyl (C=O) groups is 2. The zero-order valence-corrected chi connectivity index (χ0v) is 15.0. The first-order valence-electron chi connectivity index (χ1n) is 8.04. The molecule has 2 aromatic carbocycles. The molecule has 0 spiro atoms. The quantitative estimate of drug-likeness (QED) is 0.553. The summed E-state index contributed by atoms with van der Waals surface area (Å²) in [4.78, 5) is 23.3. The van der Waals surface area contributed by atoms with Crippen LogP contribution >= 0.6 is 11.6 Å². The predicted octanol–water partition coefficient (Wildman–Crippen LogP) is 4.13. The number of para-hydroxylation sites is 1. The van der Waals surface area contributed by atoms with Crippen molar-refractivity contribution in [2.45, 2.75) is 19.8 Å². The number of aryl methyl sites for hydroxylation is 1. The molecule has 0 saturated heterocycles. The number of anilines is 1. The second kappa shape index (κ2) is 9.77. The third-order valence-electron chi connectivity index (χ3n) is 3.43. The van der Waals surface area contributed by atoms with Crippen molar-refractivity contribution in [1.82, 2.24) is 0 Å². The van der Waals surface area contributed by atoms with Crippen LogP contribution in [0.4, 0.5) is 10.1 Å². The molecular formula is C19H19ClFNO4. The van der Waals surface area contributed by atoms with E-state index in [2.05, 4.69) is 5.32 Å². The molecule has 0 saturated carbocycles. The molecule has 26 heavy (non-hydrogen) atoms. The van der Waals surface area contributed by atoms with Crippen molar-refractivity contribution in [3.63, 3.8) is 0 Å². The highest BCUT2D eigenvalue weighted by atomic mass is 35.5. The average Bonchev–Trinajstić information content (AvgIpc) is 2.60. The second-order valence-electron chi connectivity index (χ2n) is 5.55. The first-order valence-corrected chi connectivity index (χ1v) is 8.42. The topological polar surface area (TPSA) is 64.6 Å². The van der Waals surface area contributed by atoms with E-state index in [1.54, 1.807) is 24.3 Å². The lowest BCUT2D eigenvalue weighted by Gasteiger charge is -2.09. The van der Waals surface area contributed by atoms with E-state index < -0.39 is 24.3 Å². The minimum Gasteiger partial charge on any atom is -0.493 e. The van der Waals surface area contributed by atoms with Crippen molar-refractivity contribution in [3.8, 4) is 5.75 Å². The molecule has 0 heterocycles. The van der Waals surface area contributed by atoms with E-state index in [0.29, 0.717) is 23.8 Å². The van der Waals surface area contributed by atoms with Crippen LogP contribution < -0.4 is 10.1 Å². The van der Waals surface area contributed by atoms with E-state index in [-0.39, 0.29) is 12.1 Å². The van der Waals surface area contributed by atoms with Crippen molar-refractivity contribution in [1.29, 1.82) is 0 Å². The number of hydrogen-bond acceptors (Lipinski definition) is 4. The lowest BCUT2D eigenvalue weighted by molar-refractivity contribution is -0.147. The number of hydrogen-bond donors (Lipinski definition) is 1. The van der Waals surface area contributed by atoms with Gasteiger partial charge in [0.2, 0.25) is 0 Å². The maximum Gasteiger partial charge on any atom is 0.306 e. The molecule has 2 rings (SSSR count). The van der Waals surface area contributed by atoms with Gasteiger partial charge < -0.3 is 14.8 Å². The van der Waals surface area contributed by atoms with Gasteiger partial charge in [0.05, 0.1) is 12.3 Å². The normalized spacial score (nSPS) is 10.3. The van der Waals surface area contributed by atoms with E-state index in [0.717, 1.165) is 5.56 Å². The Balaban J connectivity index is 1.64. The number of halogens is 2. The van der Waals surface area contributed by atoms with Crippen molar-refractivity contribution in [3.05, 3.63) is 58.9 Å².